The van der Waals surface area contributed by atoms with Crippen molar-refractivity contribution in [1.82, 2.24) is 9.80 Å². The molecular weight excluding hydrogens is 335 g/mol. The zero-order valence-corrected chi connectivity index (χ0v) is 14.4. The summed E-state index contributed by atoms with van der Waals surface area (Å²) in [5, 5.41) is 0. The highest BCUT2D eigenvalue weighted by Gasteiger charge is 2.27. The highest BCUT2D eigenvalue weighted by atomic mass is 79.9. The predicted octanol–water partition coefficient (Wildman–Crippen LogP) is 3.53. The van der Waals surface area contributed by atoms with Crippen molar-refractivity contribution in [3.8, 4) is 0 Å². The van der Waals surface area contributed by atoms with E-state index in [1.807, 2.05) is 7.05 Å². The third-order valence-corrected chi connectivity index (χ3v) is 4.92. The fourth-order valence-electron chi connectivity index (χ4n) is 2.81. The van der Waals surface area contributed by atoms with Gasteiger partial charge in [-0.15, -0.1) is 0 Å². The van der Waals surface area contributed by atoms with Crippen LogP contribution in [0.4, 0.5) is 4.39 Å². The number of nitrogens with zero attached hydrogens (tertiary/aromatic N) is 2. The maximum absolute atomic E-state index is 13.1. The van der Waals surface area contributed by atoms with Gasteiger partial charge in [0.05, 0.1) is 5.56 Å². The van der Waals surface area contributed by atoms with Gasteiger partial charge in [0.25, 0.3) is 5.91 Å². The summed E-state index contributed by atoms with van der Waals surface area (Å²) >= 11 is 3.27. The largest absolute Gasteiger partial charge is 0.339 e. The van der Waals surface area contributed by atoms with E-state index in [0.717, 1.165) is 25.9 Å². The summed E-state index contributed by atoms with van der Waals surface area (Å²) in [5.41, 5.74) is 0.519. The summed E-state index contributed by atoms with van der Waals surface area (Å²) in [7, 11) is 1.84. The normalized spacial score (nSPS) is 17.2. The van der Waals surface area contributed by atoms with Gasteiger partial charge in [-0.2, -0.15) is 0 Å². The van der Waals surface area contributed by atoms with E-state index in [9.17, 15) is 9.18 Å². The smallest absolute Gasteiger partial charge is 0.254 e. The number of amides is 1. The average Bonchev–Trinajstić information content (AvgIpc) is 2.46. The molecule has 0 atom stereocenters. The number of likely N-dealkylation sites (tertiary alicyclic amines) is 1. The number of piperidine rings is 1. The molecule has 0 N–H and O–H groups in total. The van der Waals surface area contributed by atoms with Gasteiger partial charge < -0.3 is 9.80 Å². The molecule has 0 aromatic heterocycles. The SMILES string of the molecule is CC(C)N1CCC(N(C)C(=O)c2ccc(F)cc2Br)CC1. The summed E-state index contributed by atoms with van der Waals surface area (Å²) in [5.74, 6) is -0.392. The fourth-order valence-corrected chi connectivity index (χ4v) is 3.33. The molecule has 1 fully saturated rings. The molecule has 0 saturated carbocycles. The van der Waals surface area contributed by atoms with Crippen LogP contribution >= 0.6 is 15.9 Å². The summed E-state index contributed by atoms with van der Waals surface area (Å²) in [4.78, 5) is 16.8. The lowest BCUT2D eigenvalue weighted by molar-refractivity contribution is 0.0614. The van der Waals surface area contributed by atoms with E-state index in [0.29, 0.717) is 16.1 Å². The molecule has 0 bridgehead atoms. The molecule has 0 spiro atoms. The molecular formula is C16H22BrFN2O. The molecule has 1 aromatic rings. The van der Waals surface area contributed by atoms with E-state index >= 15 is 0 Å². The minimum Gasteiger partial charge on any atom is -0.339 e. The van der Waals surface area contributed by atoms with Gasteiger partial charge >= 0.3 is 0 Å². The van der Waals surface area contributed by atoms with Crippen LogP contribution in [0.2, 0.25) is 0 Å². The van der Waals surface area contributed by atoms with Crippen LogP contribution in [0.15, 0.2) is 22.7 Å². The van der Waals surface area contributed by atoms with E-state index in [1.54, 1.807) is 11.0 Å². The van der Waals surface area contributed by atoms with E-state index in [1.165, 1.54) is 12.1 Å². The summed E-state index contributed by atoms with van der Waals surface area (Å²) < 4.78 is 13.6. The van der Waals surface area contributed by atoms with Crippen molar-refractivity contribution in [1.29, 1.82) is 0 Å². The maximum atomic E-state index is 13.1. The van der Waals surface area contributed by atoms with Gasteiger partial charge in [0.2, 0.25) is 0 Å². The second-order valence-electron chi connectivity index (χ2n) is 5.90. The van der Waals surface area contributed by atoms with Crippen LogP contribution in [0, 0.1) is 5.82 Å². The lowest BCUT2D eigenvalue weighted by Crippen LogP contribution is -2.47. The van der Waals surface area contributed by atoms with Crippen LogP contribution in [0.3, 0.4) is 0 Å². The highest BCUT2D eigenvalue weighted by Crippen LogP contribution is 2.23. The van der Waals surface area contributed by atoms with Crippen molar-refractivity contribution >= 4 is 21.8 Å². The lowest BCUT2D eigenvalue weighted by Gasteiger charge is -2.38. The molecule has 116 valence electrons. The Morgan fingerprint density at radius 1 is 1.38 bits per heavy atom. The molecule has 1 amide bonds. The molecule has 1 aliphatic heterocycles. The first-order chi connectivity index (χ1) is 9.90. The van der Waals surface area contributed by atoms with Crippen molar-refractivity contribution in [3.63, 3.8) is 0 Å². The molecule has 21 heavy (non-hydrogen) atoms. The molecule has 0 unspecified atom stereocenters. The van der Waals surface area contributed by atoms with Crippen molar-refractivity contribution in [3.05, 3.63) is 34.1 Å². The summed E-state index contributed by atoms with van der Waals surface area (Å²) in [6.45, 7) is 6.44. The Kier molecular flexibility index (Phi) is 5.38. The Bertz CT molecular complexity index is 513. The Morgan fingerprint density at radius 2 is 2.00 bits per heavy atom. The molecule has 0 radical (unpaired) electrons. The number of rotatable bonds is 3. The molecule has 1 saturated heterocycles. The Hall–Kier alpha value is -0.940. The number of hydrogen-bond acceptors (Lipinski definition) is 2. The topological polar surface area (TPSA) is 23.6 Å². The van der Waals surface area contributed by atoms with E-state index in [-0.39, 0.29) is 17.8 Å². The van der Waals surface area contributed by atoms with Gasteiger partial charge in [-0.25, -0.2) is 4.39 Å². The number of benzene rings is 1. The highest BCUT2D eigenvalue weighted by molar-refractivity contribution is 9.10. The van der Waals surface area contributed by atoms with Gasteiger partial charge in [-0.1, -0.05) is 0 Å². The molecule has 1 heterocycles. The standard InChI is InChI=1S/C16H22BrFN2O/c1-11(2)20-8-6-13(7-9-20)19(3)16(21)14-5-4-12(18)10-15(14)17/h4-5,10-11,13H,6-9H2,1-3H3. The molecule has 1 aliphatic rings. The number of halogens is 2. The molecule has 0 aliphatic carbocycles. The van der Waals surface area contributed by atoms with E-state index in [4.69, 9.17) is 0 Å². The number of carbonyl (C=O) groups is 1. The van der Waals surface area contributed by atoms with Gasteiger partial charge in [-0.3, -0.25) is 4.79 Å². The minimum absolute atomic E-state index is 0.0510. The van der Waals surface area contributed by atoms with Crippen LogP contribution in [0.25, 0.3) is 0 Å². The van der Waals surface area contributed by atoms with Crippen LogP contribution in [-0.2, 0) is 0 Å². The van der Waals surface area contributed by atoms with Gasteiger partial charge in [0.15, 0.2) is 0 Å². The molecule has 1 aromatic carbocycles. The average molecular weight is 357 g/mol. The van der Waals surface area contributed by atoms with E-state index in [2.05, 4.69) is 34.7 Å². The van der Waals surface area contributed by atoms with Crippen LogP contribution in [0.1, 0.15) is 37.0 Å². The zero-order valence-electron chi connectivity index (χ0n) is 12.8. The number of hydrogen-bond donors (Lipinski definition) is 0. The first kappa shape index (κ1) is 16.4. The van der Waals surface area contributed by atoms with Crippen LogP contribution in [0.5, 0.6) is 0 Å². The van der Waals surface area contributed by atoms with Crippen molar-refractivity contribution in [2.75, 3.05) is 20.1 Å². The summed E-state index contributed by atoms with van der Waals surface area (Å²) in [6.07, 6.45) is 1.97. The molecule has 3 nitrogen and oxygen atoms in total. The Morgan fingerprint density at radius 3 is 2.52 bits per heavy atom. The zero-order chi connectivity index (χ0) is 15.6. The second kappa shape index (κ2) is 6.88. The second-order valence-corrected chi connectivity index (χ2v) is 6.76. The fraction of sp³-hybridized carbons (Fsp3) is 0.562. The predicted molar refractivity (Wildman–Crippen MR) is 85.9 cm³/mol. The first-order valence-corrected chi connectivity index (χ1v) is 8.15. The number of carbonyl (C=O) groups excluding carboxylic acids is 1. The molecule has 5 heteroatoms. The van der Waals surface area contributed by atoms with Gasteiger partial charge in [-0.05, 0) is 60.8 Å². The lowest BCUT2D eigenvalue weighted by atomic mass is 10.0. The Balaban J connectivity index is 2.03. The quantitative estimate of drug-likeness (QED) is 0.826. The Labute approximate surface area is 134 Å². The monoisotopic (exact) mass is 356 g/mol. The summed E-state index contributed by atoms with van der Waals surface area (Å²) in [6, 6.07) is 5.01. The van der Waals surface area contributed by atoms with Crippen LogP contribution < -0.4 is 0 Å². The molecule has 2 rings (SSSR count). The third-order valence-electron chi connectivity index (χ3n) is 4.26. The van der Waals surface area contributed by atoms with Crippen molar-refractivity contribution in [2.24, 2.45) is 0 Å². The van der Waals surface area contributed by atoms with Gasteiger partial charge in [0.1, 0.15) is 5.82 Å². The third kappa shape index (κ3) is 3.83. The first-order valence-electron chi connectivity index (χ1n) is 7.36. The minimum atomic E-state index is -0.341. The van der Waals surface area contributed by atoms with E-state index < -0.39 is 0 Å². The van der Waals surface area contributed by atoms with Gasteiger partial charge in [0, 0.05) is 36.7 Å². The van der Waals surface area contributed by atoms with Crippen molar-refractivity contribution < 1.29 is 9.18 Å². The maximum Gasteiger partial charge on any atom is 0.254 e. The van der Waals surface area contributed by atoms with Crippen LogP contribution in [-0.4, -0.2) is 47.9 Å². The van der Waals surface area contributed by atoms with Crippen molar-refractivity contribution in [2.45, 2.75) is 38.8 Å².